The van der Waals surface area contributed by atoms with E-state index >= 15 is 0 Å². The van der Waals surface area contributed by atoms with E-state index in [9.17, 15) is 5.11 Å². The number of nitrogens with one attached hydrogen (secondary N) is 1. The molecule has 0 saturated carbocycles. The van der Waals surface area contributed by atoms with Crippen LogP contribution in [0.2, 0.25) is 0 Å². The zero-order valence-corrected chi connectivity index (χ0v) is 11.8. The molecule has 102 valence electrons. The van der Waals surface area contributed by atoms with Gasteiger partial charge in [-0.25, -0.2) is 0 Å². The highest BCUT2D eigenvalue weighted by atomic mass is 16.3. The first-order chi connectivity index (χ1) is 8.72. The molecule has 1 unspecified atom stereocenters. The third-order valence-corrected chi connectivity index (χ3v) is 3.18. The lowest BCUT2D eigenvalue weighted by molar-refractivity contribution is 0.244. The van der Waals surface area contributed by atoms with Gasteiger partial charge in [-0.05, 0) is 38.4 Å². The Morgan fingerprint density at radius 1 is 1.28 bits per heavy atom. The second-order valence-corrected chi connectivity index (χ2v) is 4.66. The van der Waals surface area contributed by atoms with Gasteiger partial charge in [-0.3, -0.25) is 0 Å². The number of para-hydroxylation sites is 1. The summed E-state index contributed by atoms with van der Waals surface area (Å²) < 4.78 is 0. The van der Waals surface area contributed by atoms with Crippen LogP contribution in [0.5, 0.6) is 0 Å². The minimum absolute atomic E-state index is 0.143. The topological polar surface area (TPSA) is 35.5 Å². The van der Waals surface area contributed by atoms with Crippen molar-refractivity contribution in [3.8, 4) is 0 Å². The molecule has 0 aliphatic heterocycles. The van der Waals surface area contributed by atoms with Gasteiger partial charge in [0.1, 0.15) is 0 Å². The Labute approximate surface area is 111 Å². The van der Waals surface area contributed by atoms with E-state index in [1.54, 1.807) is 0 Å². The van der Waals surface area contributed by atoms with Crippen LogP contribution in [-0.2, 0) is 0 Å². The number of hydrogen-bond acceptors (Lipinski definition) is 3. The van der Waals surface area contributed by atoms with Crippen molar-refractivity contribution in [2.24, 2.45) is 0 Å². The summed E-state index contributed by atoms with van der Waals surface area (Å²) in [6.07, 6.45) is 1.09. The minimum Gasteiger partial charge on any atom is -0.395 e. The average Bonchev–Trinajstić information content (AvgIpc) is 2.40. The maximum Gasteiger partial charge on any atom is 0.0601 e. The molecule has 3 heteroatoms. The molecule has 1 aromatic carbocycles. The van der Waals surface area contributed by atoms with Crippen LogP contribution < -0.4 is 10.2 Å². The molecule has 3 nitrogen and oxygen atoms in total. The predicted octanol–water partition coefficient (Wildman–Crippen LogP) is 2.18. The second-order valence-electron chi connectivity index (χ2n) is 4.66. The minimum atomic E-state index is 0.143. The number of aliphatic hydroxyl groups is 1. The fraction of sp³-hybridized carbons (Fsp3) is 0.600. The number of likely N-dealkylation sites (N-methyl/N-ethyl adjacent to an activating group) is 1. The Hall–Kier alpha value is -1.06. The van der Waals surface area contributed by atoms with Gasteiger partial charge in [0.2, 0.25) is 0 Å². The molecule has 18 heavy (non-hydrogen) atoms. The van der Waals surface area contributed by atoms with Crippen molar-refractivity contribution < 1.29 is 5.11 Å². The molecule has 0 fully saturated rings. The molecule has 1 atom stereocenters. The molecule has 0 heterocycles. The highest BCUT2D eigenvalue weighted by Gasteiger charge is 2.13. The van der Waals surface area contributed by atoms with Crippen molar-refractivity contribution in [3.63, 3.8) is 0 Å². The predicted molar refractivity (Wildman–Crippen MR) is 78.2 cm³/mol. The monoisotopic (exact) mass is 250 g/mol. The van der Waals surface area contributed by atoms with E-state index in [1.807, 2.05) is 0 Å². The summed E-state index contributed by atoms with van der Waals surface area (Å²) in [5.74, 6) is 0. The maximum atomic E-state index is 9.42. The van der Waals surface area contributed by atoms with Crippen molar-refractivity contribution in [1.82, 2.24) is 5.32 Å². The molecule has 0 spiro atoms. The zero-order valence-electron chi connectivity index (χ0n) is 11.8. The van der Waals surface area contributed by atoms with Gasteiger partial charge >= 0.3 is 0 Å². The maximum absolute atomic E-state index is 9.42. The van der Waals surface area contributed by atoms with Crippen LogP contribution >= 0.6 is 0 Å². The standard InChI is InChI=1S/C15H26N2O/c1-4-10-16-14(12-18)11-17(5-2)15-9-7-6-8-13(15)3/h6-9,14,16,18H,4-5,10-12H2,1-3H3. The van der Waals surface area contributed by atoms with E-state index < -0.39 is 0 Å². The Balaban J connectivity index is 2.68. The van der Waals surface area contributed by atoms with Crippen molar-refractivity contribution in [2.75, 3.05) is 31.1 Å². The SMILES string of the molecule is CCCNC(CO)CN(CC)c1ccccc1C. The van der Waals surface area contributed by atoms with Gasteiger partial charge in [-0.1, -0.05) is 25.1 Å². The molecule has 0 aliphatic rings. The Bertz CT molecular complexity index is 341. The fourth-order valence-electron chi connectivity index (χ4n) is 2.12. The lowest BCUT2D eigenvalue weighted by Gasteiger charge is -2.29. The summed E-state index contributed by atoms with van der Waals surface area (Å²) in [7, 11) is 0. The largest absolute Gasteiger partial charge is 0.395 e. The van der Waals surface area contributed by atoms with E-state index in [-0.39, 0.29) is 12.6 Å². The van der Waals surface area contributed by atoms with Crippen LogP contribution in [-0.4, -0.2) is 37.4 Å². The van der Waals surface area contributed by atoms with Gasteiger partial charge in [0.25, 0.3) is 0 Å². The molecule has 0 aromatic heterocycles. The van der Waals surface area contributed by atoms with Crippen molar-refractivity contribution in [1.29, 1.82) is 0 Å². The van der Waals surface area contributed by atoms with E-state index in [2.05, 4.69) is 55.3 Å². The molecule has 0 bridgehead atoms. The van der Waals surface area contributed by atoms with Crippen LogP contribution in [0.15, 0.2) is 24.3 Å². The smallest absolute Gasteiger partial charge is 0.0601 e. The highest BCUT2D eigenvalue weighted by molar-refractivity contribution is 5.52. The molecule has 2 N–H and O–H groups in total. The second kappa shape index (κ2) is 8.11. The molecule has 0 amide bonds. The van der Waals surface area contributed by atoms with Gasteiger partial charge in [0.05, 0.1) is 6.61 Å². The molecule has 1 rings (SSSR count). The summed E-state index contributed by atoms with van der Waals surface area (Å²) >= 11 is 0. The first-order valence-corrected chi connectivity index (χ1v) is 6.87. The number of aliphatic hydroxyl groups excluding tert-OH is 1. The highest BCUT2D eigenvalue weighted by Crippen LogP contribution is 2.19. The number of nitrogens with zero attached hydrogens (tertiary/aromatic N) is 1. The first-order valence-electron chi connectivity index (χ1n) is 6.87. The van der Waals surface area contributed by atoms with Crippen LogP contribution in [0, 0.1) is 6.92 Å². The molecular formula is C15H26N2O. The number of benzene rings is 1. The van der Waals surface area contributed by atoms with Crippen LogP contribution in [0.1, 0.15) is 25.8 Å². The lowest BCUT2D eigenvalue weighted by atomic mass is 10.1. The van der Waals surface area contributed by atoms with Crippen LogP contribution in [0.3, 0.4) is 0 Å². The molecule has 0 saturated heterocycles. The Kier molecular flexibility index (Phi) is 6.76. The first kappa shape index (κ1) is 15.0. The third-order valence-electron chi connectivity index (χ3n) is 3.18. The Morgan fingerprint density at radius 2 is 2.00 bits per heavy atom. The molecule has 0 radical (unpaired) electrons. The lowest BCUT2D eigenvalue weighted by Crippen LogP contribution is -2.44. The van der Waals surface area contributed by atoms with Crippen LogP contribution in [0.25, 0.3) is 0 Å². The zero-order chi connectivity index (χ0) is 13.4. The van der Waals surface area contributed by atoms with Crippen molar-refractivity contribution in [3.05, 3.63) is 29.8 Å². The van der Waals surface area contributed by atoms with Crippen LogP contribution in [0.4, 0.5) is 5.69 Å². The molecular weight excluding hydrogens is 224 g/mol. The Morgan fingerprint density at radius 3 is 2.56 bits per heavy atom. The van der Waals surface area contributed by atoms with Gasteiger partial charge in [0.15, 0.2) is 0 Å². The summed E-state index contributed by atoms with van der Waals surface area (Å²) in [5.41, 5.74) is 2.54. The van der Waals surface area contributed by atoms with E-state index in [0.717, 1.165) is 26.1 Å². The van der Waals surface area contributed by atoms with E-state index in [0.29, 0.717) is 0 Å². The number of rotatable bonds is 8. The number of anilines is 1. The summed E-state index contributed by atoms with van der Waals surface area (Å²) in [4.78, 5) is 2.32. The summed E-state index contributed by atoms with van der Waals surface area (Å²) in [6.45, 7) is 9.36. The third kappa shape index (κ3) is 4.31. The average molecular weight is 250 g/mol. The molecule has 1 aromatic rings. The van der Waals surface area contributed by atoms with Gasteiger partial charge in [-0.2, -0.15) is 0 Å². The van der Waals surface area contributed by atoms with E-state index in [4.69, 9.17) is 0 Å². The van der Waals surface area contributed by atoms with Gasteiger partial charge in [-0.15, -0.1) is 0 Å². The number of hydrogen-bond donors (Lipinski definition) is 2. The summed E-state index contributed by atoms with van der Waals surface area (Å²) in [5, 5.41) is 12.8. The normalized spacial score (nSPS) is 12.4. The van der Waals surface area contributed by atoms with Crippen molar-refractivity contribution in [2.45, 2.75) is 33.2 Å². The van der Waals surface area contributed by atoms with Gasteiger partial charge in [0, 0.05) is 24.8 Å². The number of aryl methyl sites for hydroxylation is 1. The quantitative estimate of drug-likeness (QED) is 0.742. The van der Waals surface area contributed by atoms with Crippen molar-refractivity contribution >= 4 is 5.69 Å². The summed E-state index contributed by atoms with van der Waals surface area (Å²) in [6, 6.07) is 8.55. The fourth-order valence-corrected chi connectivity index (χ4v) is 2.12. The van der Waals surface area contributed by atoms with Gasteiger partial charge < -0.3 is 15.3 Å². The van der Waals surface area contributed by atoms with E-state index in [1.165, 1.54) is 11.3 Å². The molecule has 0 aliphatic carbocycles.